The van der Waals surface area contributed by atoms with Gasteiger partial charge in [0.05, 0.1) is 17.0 Å². The van der Waals surface area contributed by atoms with Crippen molar-refractivity contribution in [2.75, 3.05) is 11.1 Å². The smallest absolute Gasteiger partial charge is 0.251 e. The van der Waals surface area contributed by atoms with Crippen LogP contribution in [0.2, 0.25) is 0 Å². The molecule has 3 N–H and O–H groups in total. The van der Waals surface area contributed by atoms with Gasteiger partial charge < -0.3 is 11.1 Å². The Morgan fingerprint density at radius 2 is 2.14 bits per heavy atom. The van der Waals surface area contributed by atoms with E-state index in [-0.39, 0.29) is 11.7 Å². The van der Waals surface area contributed by atoms with Crippen molar-refractivity contribution in [3.8, 4) is 5.69 Å². The van der Waals surface area contributed by atoms with Gasteiger partial charge >= 0.3 is 0 Å². The standard InChI is InChI=1S/C19H19N5O2S2/c1-11-5-2-3-7-13(11)24-10-21-23-19(24)27-9-15(25)22-18-16(17(20)26)12-6-4-8-14(12)28-18/h2-3,5,7,10H,4,6,8-9H2,1H3,(H2,20,26)(H,22,25). The molecule has 144 valence electrons. The minimum absolute atomic E-state index is 0.158. The van der Waals surface area contributed by atoms with Gasteiger partial charge in [0, 0.05) is 4.88 Å². The number of para-hydroxylation sites is 1. The summed E-state index contributed by atoms with van der Waals surface area (Å²) < 4.78 is 1.86. The maximum atomic E-state index is 12.5. The fraction of sp³-hybridized carbons (Fsp3) is 0.263. The van der Waals surface area contributed by atoms with E-state index < -0.39 is 5.91 Å². The molecule has 0 saturated carbocycles. The average Bonchev–Trinajstić information content (AvgIpc) is 3.35. The van der Waals surface area contributed by atoms with Crippen molar-refractivity contribution >= 4 is 39.9 Å². The number of thioether (sulfide) groups is 1. The third-order valence-electron chi connectivity index (χ3n) is 4.64. The van der Waals surface area contributed by atoms with Crippen molar-refractivity contribution in [1.82, 2.24) is 14.8 Å². The van der Waals surface area contributed by atoms with E-state index in [1.54, 1.807) is 6.33 Å². The van der Waals surface area contributed by atoms with E-state index in [0.717, 1.165) is 41.0 Å². The number of nitrogens with zero attached hydrogens (tertiary/aromatic N) is 3. The highest BCUT2D eigenvalue weighted by atomic mass is 32.2. The highest BCUT2D eigenvalue weighted by molar-refractivity contribution is 7.99. The lowest BCUT2D eigenvalue weighted by molar-refractivity contribution is -0.113. The Hall–Kier alpha value is -2.65. The molecule has 7 nitrogen and oxygen atoms in total. The van der Waals surface area contributed by atoms with E-state index in [2.05, 4.69) is 15.5 Å². The molecule has 0 aliphatic heterocycles. The number of aromatic nitrogens is 3. The second-order valence-corrected chi connectivity index (χ2v) is 8.58. The van der Waals surface area contributed by atoms with Crippen molar-refractivity contribution in [3.63, 3.8) is 0 Å². The van der Waals surface area contributed by atoms with Crippen LogP contribution in [0.3, 0.4) is 0 Å². The molecule has 0 bridgehead atoms. The Bertz CT molecular complexity index is 1060. The lowest BCUT2D eigenvalue weighted by Crippen LogP contribution is -2.19. The molecule has 0 spiro atoms. The van der Waals surface area contributed by atoms with Crippen LogP contribution in [-0.2, 0) is 17.6 Å². The summed E-state index contributed by atoms with van der Waals surface area (Å²) in [6, 6.07) is 7.91. The number of anilines is 1. The zero-order valence-electron chi connectivity index (χ0n) is 15.3. The predicted molar refractivity (Wildman–Crippen MR) is 110 cm³/mol. The van der Waals surface area contributed by atoms with Gasteiger partial charge in [-0.2, -0.15) is 0 Å². The third-order valence-corrected chi connectivity index (χ3v) is 6.79. The minimum Gasteiger partial charge on any atom is -0.365 e. The van der Waals surface area contributed by atoms with Crippen LogP contribution in [0, 0.1) is 6.92 Å². The van der Waals surface area contributed by atoms with Crippen LogP contribution in [0.25, 0.3) is 5.69 Å². The minimum atomic E-state index is -0.485. The number of fused-ring (bicyclic) bond motifs is 1. The van der Waals surface area contributed by atoms with Crippen LogP contribution in [0.1, 0.15) is 32.8 Å². The maximum absolute atomic E-state index is 12.5. The molecule has 0 unspecified atom stereocenters. The Balaban J connectivity index is 1.47. The van der Waals surface area contributed by atoms with Crippen molar-refractivity contribution in [2.24, 2.45) is 5.73 Å². The van der Waals surface area contributed by atoms with Crippen LogP contribution >= 0.6 is 23.1 Å². The monoisotopic (exact) mass is 413 g/mol. The van der Waals surface area contributed by atoms with Gasteiger partial charge in [-0.1, -0.05) is 30.0 Å². The molecule has 3 aromatic rings. The highest BCUT2D eigenvalue weighted by Gasteiger charge is 2.26. The van der Waals surface area contributed by atoms with Gasteiger partial charge in [0.15, 0.2) is 5.16 Å². The molecule has 1 aromatic carbocycles. The van der Waals surface area contributed by atoms with Gasteiger partial charge in [-0.05, 0) is 43.4 Å². The number of nitrogens with one attached hydrogen (secondary N) is 1. The number of hydrogen-bond acceptors (Lipinski definition) is 6. The molecule has 0 fully saturated rings. The summed E-state index contributed by atoms with van der Waals surface area (Å²) in [6.45, 7) is 2.01. The first-order valence-corrected chi connectivity index (χ1v) is 10.7. The number of thiophene rings is 1. The van der Waals surface area contributed by atoms with Gasteiger partial charge in [-0.15, -0.1) is 21.5 Å². The van der Waals surface area contributed by atoms with Crippen molar-refractivity contribution in [2.45, 2.75) is 31.3 Å². The fourth-order valence-electron chi connectivity index (χ4n) is 3.37. The second-order valence-electron chi connectivity index (χ2n) is 6.53. The summed E-state index contributed by atoms with van der Waals surface area (Å²) in [5.74, 6) is -0.529. The molecule has 2 amide bonds. The SMILES string of the molecule is Cc1ccccc1-n1cnnc1SCC(=O)Nc1sc2c(c1C(N)=O)CCC2. The first kappa shape index (κ1) is 18.7. The molecule has 0 saturated heterocycles. The maximum Gasteiger partial charge on any atom is 0.251 e. The summed E-state index contributed by atoms with van der Waals surface area (Å²) in [5.41, 5.74) is 9.08. The normalized spacial score (nSPS) is 12.8. The van der Waals surface area contributed by atoms with E-state index in [4.69, 9.17) is 5.73 Å². The predicted octanol–water partition coefficient (Wildman–Crippen LogP) is 2.96. The molecule has 0 atom stereocenters. The van der Waals surface area contributed by atoms with Crippen LogP contribution in [0.15, 0.2) is 35.7 Å². The lowest BCUT2D eigenvalue weighted by atomic mass is 10.1. The lowest BCUT2D eigenvalue weighted by Gasteiger charge is -2.09. The average molecular weight is 414 g/mol. The molecule has 4 rings (SSSR count). The molecule has 0 radical (unpaired) electrons. The third kappa shape index (κ3) is 3.55. The van der Waals surface area contributed by atoms with Gasteiger partial charge in [-0.3, -0.25) is 14.2 Å². The van der Waals surface area contributed by atoms with Crippen LogP contribution in [0.4, 0.5) is 5.00 Å². The molecular formula is C19H19N5O2S2. The van der Waals surface area contributed by atoms with E-state index in [1.165, 1.54) is 23.1 Å². The number of benzene rings is 1. The number of rotatable bonds is 6. The Kier molecular flexibility index (Phi) is 5.19. The molecule has 2 heterocycles. The number of primary amides is 1. The highest BCUT2D eigenvalue weighted by Crippen LogP contribution is 2.38. The number of carbonyl (C=O) groups is 2. The fourth-order valence-corrected chi connectivity index (χ4v) is 5.40. The van der Waals surface area contributed by atoms with E-state index in [1.807, 2.05) is 35.8 Å². The Morgan fingerprint density at radius 1 is 1.32 bits per heavy atom. The van der Waals surface area contributed by atoms with E-state index in [0.29, 0.717) is 15.7 Å². The Labute approximate surface area is 170 Å². The topological polar surface area (TPSA) is 103 Å². The largest absolute Gasteiger partial charge is 0.365 e. The summed E-state index contributed by atoms with van der Waals surface area (Å²) in [4.78, 5) is 25.5. The van der Waals surface area contributed by atoms with Crippen LogP contribution < -0.4 is 11.1 Å². The molecule has 28 heavy (non-hydrogen) atoms. The second kappa shape index (κ2) is 7.76. The number of amides is 2. The molecule has 1 aliphatic carbocycles. The van der Waals surface area contributed by atoms with Crippen molar-refractivity contribution in [1.29, 1.82) is 0 Å². The number of nitrogens with two attached hydrogens (primary N) is 1. The molecule has 1 aliphatic rings. The van der Waals surface area contributed by atoms with Crippen molar-refractivity contribution < 1.29 is 9.59 Å². The van der Waals surface area contributed by atoms with Gasteiger partial charge in [0.2, 0.25) is 5.91 Å². The first-order chi connectivity index (χ1) is 13.5. The van der Waals surface area contributed by atoms with Gasteiger partial charge in [0.25, 0.3) is 5.91 Å². The molecule has 2 aromatic heterocycles. The summed E-state index contributed by atoms with van der Waals surface area (Å²) in [7, 11) is 0. The zero-order chi connectivity index (χ0) is 19.7. The quantitative estimate of drug-likeness (QED) is 0.605. The van der Waals surface area contributed by atoms with E-state index >= 15 is 0 Å². The van der Waals surface area contributed by atoms with Gasteiger partial charge in [-0.25, -0.2) is 0 Å². The number of aryl methyl sites for hydroxylation is 2. The Morgan fingerprint density at radius 3 is 2.93 bits per heavy atom. The zero-order valence-corrected chi connectivity index (χ0v) is 16.9. The number of carbonyl (C=O) groups excluding carboxylic acids is 2. The summed E-state index contributed by atoms with van der Waals surface area (Å²) in [6.07, 6.45) is 4.44. The van der Waals surface area contributed by atoms with Crippen LogP contribution in [0.5, 0.6) is 0 Å². The van der Waals surface area contributed by atoms with Crippen LogP contribution in [-0.4, -0.2) is 32.3 Å². The summed E-state index contributed by atoms with van der Waals surface area (Å²) in [5, 5.41) is 12.1. The van der Waals surface area contributed by atoms with E-state index in [9.17, 15) is 9.59 Å². The first-order valence-electron chi connectivity index (χ1n) is 8.87. The molecule has 9 heteroatoms. The summed E-state index contributed by atoms with van der Waals surface area (Å²) >= 11 is 2.75. The van der Waals surface area contributed by atoms with Crippen molar-refractivity contribution in [3.05, 3.63) is 52.2 Å². The number of hydrogen-bond donors (Lipinski definition) is 2. The molecular weight excluding hydrogens is 394 g/mol. The van der Waals surface area contributed by atoms with Gasteiger partial charge in [0.1, 0.15) is 11.3 Å².